The molecule has 0 bridgehead atoms. The molecule has 6 atom stereocenters. The highest BCUT2D eigenvalue weighted by Gasteiger charge is 2.44. The Morgan fingerprint density at radius 3 is 1.70 bits per heavy atom. The Balaban J connectivity index is 2.36. The van der Waals surface area contributed by atoms with Crippen LogP contribution in [0.3, 0.4) is 0 Å². The first kappa shape index (κ1) is 46.2. The maximum atomic E-state index is 12.7. The molecule has 0 aromatic heterocycles. The van der Waals surface area contributed by atoms with Crippen molar-refractivity contribution in [1.82, 2.24) is 0 Å². The lowest BCUT2D eigenvalue weighted by Gasteiger charge is -2.39. The molecule has 0 aromatic carbocycles. The van der Waals surface area contributed by atoms with Crippen LogP contribution in [0.4, 0.5) is 0 Å². The summed E-state index contributed by atoms with van der Waals surface area (Å²) in [5.74, 6) is -0.819. The lowest BCUT2D eigenvalue weighted by molar-refractivity contribution is -0.305. The van der Waals surface area contributed by atoms with Gasteiger partial charge in [0.15, 0.2) is 12.4 Å². The molecule has 0 saturated carbocycles. The van der Waals surface area contributed by atoms with Gasteiger partial charge < -0.3 is 39.4 Å². The van der Waals surface area contributed by atoms with E-state index in [-0.39, 0.29) is 32.0 Å². The molecule has 10 heteroatoms. The minimum atomic E-state index is -1.59. The minimum absolute atomic E-state index is 0.218. The molecule has 4 N–H and O–H groups in total. The van der Waals surface area contributed by atoms with E-state index in [0.717, 1.165) is 57.8 Å². The number of allylic oxidation sites excluding steroid dienone is 4. The number of hydrogen-bond acceptors (Lipinski definition) is 10. The molecule has 1 saturated heterocycles. The number of carbonyl (C=O) groups excluding carboxylic acids is 2. The van der Waals surface area contributed by atoms with E-state index < -0.39 is 49.4 Å². The van der Waals surface area contributed by atoms with Gasteiger partial charge in [-0.1, -0.05) is 128 Å². The van der Waals surface area contributed by atoms with Gasteiger partial charge in [-0.05, 0) is 44.9 Å². The SMILES string of the molecule is CCCCC/C=C/C/C=C/CCCCCCCCCC(=O)O[C@H](COC(=O)CCCCCCCCCC)CO[C@@H]1O[C@H](CO)[C@H](O)C(O)C1O. The first-order valence-electron chi connectivity index (χ1n) is 19.9. The van der Waals surface area contributed by atoms with Gasteiger partial charge >= 0.3 is 11.9 Å². The molecular weight excluding hydrogens is 640 g/mol. The van der Waals surface area contributed by atoms with Gasteiger partial charge in [-0.25, -0.2) is 0 Å². The van der Waals surface area contributed by atoms with Crippen LogP contribution in [0.1, 0.15) is 162 Å². The largest absolute Gasteiger partial charge is 0.462 e. The van der Waals surface area contributed by atoms with Gasteiger partial charge in [0.05, 0.1) is 13.2 Å². The number of aliphatic hydroxyl groups is 4. The molecule has 1 fully saturated rings. The number of rotatable bonds is 32. The molecule has 0 amide bonds. The molecule has 0 aliphatic carbocycles. The molecule has 10 nitrogen and oxygen atoms in total. The summed E-state index contributed by atoms with van der Waals surface area (Å²) in [6, 6.07) is 0. The summed E-state index contributed by atoms with van der Waals surface area (Å²) < 4.78 is 22.0. The van der Waals surface area contributed by atoms with E-state index in [9.17, 15) is 30.0 Å². The molecule has 1 aliphatic rings. The molecule has 292 valence electrons. The third-order valence-electron chi connectivity index (χ3n) is 9.09. The van der Waals surface area contributed by atoms with Crippen LogP contribution < -0.4 is 0 Å². The van der Waals surface area contributed by atoms with Crippen molar-refractivity contribution in [2.24, 2.45) is 0 Å². The van der Waals surface area contributed by atoms with Crippen LogP contribution in [-0.2, 0) is 28.5 Å². The summed E-state index contributed by atoms with van der Waals surface area (Å²) >= 11 is 0. The average Bonchev–Trinajstić information content (AvgIpc) is 3.11. The zero-order valence-corrected chi connectivity index (χ0v) is 31.4. The van der Waals surface area contributed by atoms with Crippen molar-refractivity contribution in [3.63, 3.8) is 0 Å². The summed E-state index contributed by atoms with van der Waals surface area (Å²) in [6.45, 7) is 3.34. The highest BCUT2D eigenvalue weighted by atomic mass is 16.7. The molecule has 0 aromatic rings. The van der Waals surface area contributed by atoms with Crippen molar-refractivity contribution in [1.29, 1.82) is 0 Å². The third-order valence-corrected chi connectivity index (χ3v) is 9.09. The standard InChI is InChI=1S/C40H72O10/c1-3-5-7-9-11-13-14-15-16-17-18-19-20-21-23-25-27-29-36(43)49-33(31-47-35(42)28-26-24-22-12-10-8-6-4-2)32-48-40-39(46)38(45)37(44)34(30-41)50-40/h11,13,15-16,33-34,37-41,44-46H,3-10,12,14,17-32H2,1-2H3/b13-11+,16-15+/t33-,34-,37+,38?,39?,40-/m1/s1. The number of ether oxygens (including phenoxy) is 4. The van der Waals surface area contributed by atoms with Crippen LogP contribution in [0.2, 0.25) is 0 Å². The van der Waals surface area contributed by atoms with Gasteiger partial charge in [-0.15, -0.1) is 0 Å². The number of aliphatic hydroxyl groups excluding tert-OH is 4. The lowest BCUT2D eigenvalue weighted by atomic mass is 9.99. The predicted octanol–water partition coefficient (Wildman–Crippen LogP) is 7.38. The Kier molecular flexibility index (Phi) is 29.5. The molecular formula is C40H72O10. The highest BCUT2D eigenvalue weighted by Crippen LogP contribution is 2.22. The molecule has 0 spiro atoms. The van der Waals surface area contributed by atoms with Crippen molar-refractivity contribution in [2.75, 3.05) is 19.8 Å². The van der Waals surface area contributed by atoms with E-state index >= 15 is 0 Å². The van der Waals surface area contributed by atoms with Crippen molar-refractivity contribution >= 4 is 11.9 Å². The van der Waals surface area contributed by atoms with Gasteiger partial charge in [0.1, 0.15) is 31.0 Å². The molecule has 1 heterocycles. The summed E-state index contributed by atoms with van der Waals surface area (Å²) in [7, 11) is 0. The predicted molar refractivity (Wildman–Crippen MR) is 196 cm³/mol. The Morgan fingerprint density at radius 2 is 1.12 bits per heavy atom. The molecule has 2 unspecified atom stereocenters. The number of carbonyl (C=O) groups is 2. The normalized spacial score (nSPS) is 21.6. The van der Waals surface area contributed by atoms with Gasteiger partial charge in [-0.3, -0.25) is 9.59 Å². The number of hydrogen-bond donors (Lipinski definition) is 4. The monoisotopic (exact) mass is 713 g/mol. The van der Waals surface area contributed by atoms with Crippen molar-refractivity contribution in [3.05, 3.63) is 24.3 Å². The summed E-state index contributed by atoms with van der Waals surface area (Å²) in [6.07, 6.45) is 24.8. The first-order valence-corrected chi connectivity index (χ1v) is 19.9. The first-order chi connectivity index (χ1) is 24.3. The second-order valence-electron chi connectivity index (χ2n) is 13.7. The van der Waals surface area contributed by atoms with Crippen molar-refractivity contribution < 1.29 is 49.0 Å². The van der Waals surface area contributed by atoms with E-state index in [1.807, 2.05) is 0 Å². The Hall–Kier alpha value is -1.82. The Morgan fingerprint density at radius 1 is 0.620 bits per heavy atom. The topological polar surface area (TPSA) is 152 Å². The van der Waals surface area contributed by atoms with Crippen LogP contribution in [-0.4, -0.2) is 89.0 Å². The minimum Gasteiger partial charge on any atom is -0.462 e. The van der Waals surface area contributed by atoms with E-state index in [1.165, 1.54) is 70.6 Å². The van der Waals surface area contributed by atoms with Gasteiger partial charge in [0, 0.05) is 12.8 Å². The van der Waals surface area contributed by atoms with Gasteiger partial charge in [-0.2, -0.15) is 0 Å². The summed E-state index contributed by atoms with van der Waals surface area (Å²) in [4.78, 5) is 25.1. The smallest absolute Gasteiger partial charge is 0.306 e. The fourth-order valence-corrected chi connectivity index (χ4v) is 5.86. The van der Waals surface area contributed by atoms with Gasteiger partial charge in [0.25, 0.3) is 0 Å². The highest BCUT2D eigenvalue weighted by molar-refractivity contribution is 5.70. The zero-order valence-electron chi connectivity index (χ0n) is 31.4. The van der Waals surface area contributed by atoms with E-state index in [2.05, 4.69) is 38.2 Å². The van der Waals surface area contributed by atoms with Crippen LogP contribution in [0.25, 0.3) is 0 Å². The molecule has 1 aliphatic heterocycles. The van der Waals surface area contributed by atoms with Crippen LogP contribution in [0.15, 0.2) is 24.3 Å². The van der Waals surface area contributed by atoms with Crippen LogP contribution >= 0.6 is 0 Å². The second kappa shape index (κ2) is 31.9. The summed E-state index contributed by atoms with van der Waals surface area (Å²) in [5.41, 5.74) is 0. The molecule has 1 rings (SSSR count). The average molecular weight is 713 g/mol. The lowest BCUT2D eigenvalue weighted by Crippen LogP contribution is -2.59. The Labute approximate surface area is 303 Å². The van der Waals surface area contributed by atoms with Crippen molar-refractivity contribution in [2.45, 2.75) is 198 Å². The fraction of sp³-hybridized carbons (Fsp3) is 0.850. The third kappa shape index (κ3) is 23.6. The van der Waals surface area contributed by atoms with E-state index in [0.29, 0.717) is 6.42 Å². The molecule has 0 radical (unpaired) electrons. The van der Waals surface area contributed by atoms with E-state index in [1.54, 1.807) is 0 Å². The fourth-order valence-electron chi connectivity index (χ4n) is 5.86. The number of esters is 2. The number of unbranched alkanes of at least 4 members (excludes halogenated alkanes) is 17. The zero-order chi connectivity index (χ0) is 36.7. The van der Waals surface area contributed by atoms with E-state index in [4.69, 9.17) is 18.9 Å². The maximum Gasteiger partial charge on any atom is 0.306 e. The molecule has 50 heavy (non-hydrogen) atoms. The van der Waals surface area contributed by atoms with Crippen LogP contribution in [0, 0.1) is 0 Å². The van der Waals surface area contributed by atoms with Crippen LogP contribution in [0.5, 0.6) is 0 Å². The van der Waals surface area contributed by atoms with Gasteiger partial charge in [0.2, 0.25) is 0 Å². The Bertz CT molecular complexity index is 876. The quantitative estimate of drug-likeness (QED) is 0.0316. The second-order valence-corrected chi connectivity index (χ2v) is 13.7. The van der Waals surface area contributed by atoms with Crippen molar-refractivity contribution in [3.8, 4) is 0 Å². The maximum absolute atomic E-state index is 12.7. The summed E-state index contributed by atoms with van der Waals surface area (Å²) in [5, 5.41) is 39.9.